The third kappa shape index (κ3) is 2.45. The maximum atomic E-state index is 12.3. The summed E-state index contributed by atoms with van der Waals surface area (Å²) in [4.78, 5) is 13.7. The molecule has 2 aliphatic rings. The van der Waals surface area contributed by atoms with Crippen molar-refractivity contribution in [2.24, 2.45) is 5.92 Å². The first-order valence-electron chi connectivity index (χ1n) is 6.92. The Kier molecular flexibility index (Phi) is 3.66. The third-order valence-electron chi connectivity index (χ3n) is 4.04. The number of fused-ring (bicyclic) bond motifs is 1. The van der Waals surface area contributed by atoms with Crippen LogP contribution < -0.4 is 10.6 Å². The molecule has 0 saturated carbocycles. The van der Waals surface area contributed by atoms with Crippen molar-refractivity contribution in [2.45, 2.75) is 38.1 Å². The number of nitrogens with one attached hydrogen (secondary N) is 2. The van der Waals surface area contributed by atoms with E-state index in [-0.39, 0.29) is 17.9 Å². The van der Waals surface area contributed by atoms with Crippen LogP contribution in [0.15, 0.2) is 11.4 Å². The van der Waals surface area contributed by atoms with Gasteiger partial charge in [0, 0.05) is 11.4 Å². The molecule has 2 heterocycles. The standard InChI is InChI=1S/C14H20N2OS/c17-14(10-3-2-7-15-9-10)16-12-4-1-5-13-11(12)6-8-18-13/h6,8,10,12,15H,1-5,7,9H2,(H,16,17). The van der Waals surface area contributed by atoms with Gasteiger partial charge in [-0.2, -0.15) is 0 Å². The SMILES string of the molecule is O=C(NC1CCCc2sccc21)C1CCCNC1. The molecule has 98 valence electrons. The van der Waals surface area contributed by atoms with Gasteiger partial charge in [0.1, 0.15) is 0 Å². The van der Waals surface area contributed by atoms with Crippen molar-refractivity contribution in [2.75, 3.05) is 13.1 Å². The van der Waals surface area contributed by atoms with Crippen LogP contribution in [0.25, 0.3) is 0 Å². The van der Waals surface area contributed by atoms with Crippen molar-refractivity contribution in [3.05, 3.63) is 21.9 Å². The van der Waals surface area contributed by atoms with Crippen molar-refractivity contribution in [3.63, 3.8) is 0 Å². The van der Waals surface area contributed by atoms with Gasteiger partial charge in [0.15, 0.2) is 0 Å². The van der Waals surface area contributed by atoms with Crippen LogP contribution in [0.3, 0.4) is 0 Å². The second-order valence-corrected chi connectivity index (χ2v) is 6.30. The highest BCUT2D eigenvalue weighted by Gasteiger charge is 2.26. The fourth-order valence-electron chi connectivity index (χ4n) is 3.00. The lowest BCUT2D eigenvalue weighted by Gasteiger charge is -2.28. The van der Waals surface area contributed by atoms with Crippen molar-refractivity contribution in [1.29, 1.82) is 0 Å². The highest BCUT2D eigenvalue weighted by Crippen LogP contribution is 2.33. The second kappa shape index (κ2) is 5.41. The molecule has 1 fully saturated rings. The summed E-state index contributed by atoms with van der Waals surface area (Å²) in [5.74, 6) is 0.411. The largest absolute Gasteiger partial charge is 0.349 e. The number of amides is 1. The first-order valence-corrected chi connectivity index (χ1v) is 7.80. The third-order valence-corrected chi connectivity index (χ3v) is 5.03. The monoisotopic (exact) mass is 264 g/mol. The molecule has 1 aromatic rings. The topological polar surface area (TPSA) is 41.1 Å². The van der Waals surface area contributed by atoms with E-state index in [0.717, 1.165) is 32.4 Å². The first-order chi connectivity index (χ1) is 8.84. The maximum Gasteiger partial charge on any atom is 0.224 e. The Morgan fingerprint density at radius 2 is 2.33 bits per heavy atom. The van der Waals surface area contributed by atoms with Crippen molar-refractivity contribution in [1.82, 2.24) is 10.6 Å². The maximum absolute atomic E-state index is 12.3. The van der Waals surface area contributed by atoms with Crippen LogP contribution in [-0.2, 0) is 11.2 Å². The molecular weight excluding hydrogens is 244 g/mol. The van der Waals surface area contributed by atoms with Crippen molar-refractivity contribution in [3.8, 4) is 0 Å². The molecule has 0 spiro atoms. The van der Waals surface area contributed by atoms with Gasteiger partial charge in [0.25, 0.3) is 0 Å². The molecule has 1 saturated heterocycles. The average molecular weight is 264 g/mol. The Balaban J connectivity index is 1.65. The summed E-state index contributed by atoms with van der Waals surface area (Å²) in [6, 6.07) is 2.44. The molecule has 0 bridgehead atoms. The quantitative estimate of drug-likeness (QED) is 0.860. The molecule has 3 nitrogen and oxygen atoms in total. The summed E-state index contributed by atoms with van der Waals surface area (Å²) >= 11 is 1.83. The number of carbonyl (C=O) groups excluding carboxylic acids is 1. The lowest BCUT2D eigenvalue weighted by Crippen LogP contribution is -2.42. The fraction of sp³-hybridized carbons (Fsp3) is 0.643. The summed E-state index contributed by atoms with van der Waals surface area (Å²) in [6.07, 6.45) is 5.62. The molecule has 4 heteroatoms. The van der Waals surface area contributed by atoms with E-state index < -0.39 is 0 Å². The van der Waals surface area contributed by atoms with Gasteiger partial charge in [-0.15, -0.1) is 11.3 Å². The summed E-state index contributed by atoms with van der Waals surface area (Å²) in [5.41, 5.74) is 1.36. The molecule has 2 N–H and O–H groups in total. The lowest BCUT2D eigenvalue weighted by molar-refractivity contribution is -0.126. The van der Waals surface area contributed by atoms with Gasteiger partial charge < -0.3 is 10.6 Å². The zero-order chi connectivity index (χ0) is 12.4. The minimum atomic E-state index is 0.169. The van der Waals surface area contributed by atoms with E-state index in [4.69, 9.17) is 0 Å². The van der Waals surface area contributed by atoms with Gasteiger partial charge >= 0.3 is 0 Å². The zero-order valence-corrected chi connectivity index (χ0v) is 11.4. The van der Waals surface area contributed by atoms with Crippen LogP contribution in [0.4, 0.5) is 0 Å². The molecular formula is C14H20N2OS. The van der Waals surface area contributed by atoms with E-state index in [2.05, 4.69) is 22.1 Å². The van der Waals surface area contributed by atoms with E-state index in [1.54, 1.807) is 0 Å². The summed E-state index contributed by atoms with van der Waals surface area (Å²) in [6.45, 7) is 1.90. The Bertz CT molecular complexity index is 423. The van der Waals surface area contributed by atoms with Gasteiger partial charge in [-0.1, -0.05) is 0 Å². The van der Waals surface area contributed by atoms with Crippen LogP contribution in [-0.4, -0.2) is 19.0 Å². The molecule has 3 rings (SSSR count). The van der Waals surface area contributed by atoms with Gasteiger partial charge in [-0.25, -0.2) is 0 Å². The Hall–Kier alpha value is -0.870. The second-order valence-electron chi connectivity index (χ2n) is 5.30. The van der Waals surface area contributed by atoms with Crippen molar-refractivity contribution >= 4 is 17.2 Å². The van der Waals surface area contributed by atoms with E-state index in [1.165, 1.54) is 23.3 Å². The van der Waals surface area contributed by atoms with E-state index in [1.807, 2.05) is 11.3 Å². The van der Waals surface area contributed by atoms with Crippen LogP contribution in [0.1, 0.15) is 42.2 Å². The van der Waals surface area contributed by atoms with E-state index in [9.17, 15) is 4.79 Å². The first kappa shape index (κ1) is 12.2. The molecule has 0 radical (unpaired) electrons. The number of carbonyl (C=O) groups is 1. The Labute approximate surface area is 112 Å². The molecule has 1 aromatic heterocycles. The summed E-state index contributed by atoms with van der Waals surface area (Å²) in [7, 11) is 0. The normalized spacial score (nSPS) is 27.6. The van der Waals surface area contributed by atoms with Crippen LogP contribution >= 0.6 is 11.3 Å². The van der Waals surface area contributed by atoms with E-state index >= 15 is 0 Å². The predicted molar refractivity (Wildman–Crippen MR) is 73.7 cm³/mol. The van der Waals surface area contributed by atoms with Gasteiger partial charge in [0.05, 0.1) is 12.0 Å². The van der Waals surface area contributed by atoms with Crippen LogP contribution in [0, 0.1) is 5.92 Å². The minimum Gasteiger partial charge on any atom is -0.349 e. The number of rotatable bonds is 2. The zero-order valence-electron chi connectivity index (χ0n) is 10.6. The molecule has 0 aromatic carbocycles. The minimum absolute atomic E-state index is 0.169. The smallest absolute Gasteiger partial charge is 0.224 e. The van der Waals surface area contributed by atoms with Gasteiger partial charge in [0.2, 0.25) is 5.91 Å². The van der Waals surface area contributed by atoms with E-state index in [0.29, 0.717) is 0 Å². The molecule has 1 aliphatic carbocycles. The van der Waals surface area contributed by atoms with Crippen molar-refractivity contribution < 1.29 is 4.79 Å². The number of hydrogen-bond acceptors (Lipinski definition) is 3. The molecule has 1 aliphatic heterocycles. The van der Waals surface area contributed by atoms with Gasteiger partial charge in [-0.3, -0.25) is 4.79 Å². The number of aryl methyl sites for hydroxylation is 1. The predicted octanol–water partition coefficient (Wildman–Crippen LogP) is 2.24. The molecule has 2 unspecified atom stereocenters. The summed E-state index contributed by atoms with van der Waals surface area (Å²) < 4.78 is 0. The lowest BCUT2D eigenvalue weighted by atomic mass is 9.92. The Morgan fingerprint density at radius 3 is 3.17 bits per heavy atom. The summed E-state index contributed by atoms with van der Waals surface area (Å²) in [5, 5.41) is 8.72. The molecule has 18 heavy (non-hydrogen) atoms. The number of hydrogen-bond donors (Lipinski definition) is 2. The highest BCUT2D eigenvalue weighted by molar-refractivity contribution is 7.10. The highest BCUT2D eigenvalue weighted by atomic mass is 32.1. The van der Waals surface area contributed by atoms with Crippen LogP contribution in [0.5, 0.6) is 0 Å². The molecule has 1 amide bonds. The molecule has 2 atom stereocenters. The fourth-order valence-corrected chi connectivity index (χ4v) is 3.99. The number of piperidine rings is 1. The van der Waals surface area contributed by atoms with Gasteiger partial charge in [-0.05, 0) is 55.7 Å². The number of thiophene rings is 1. The van der Waals surface area contributed by atoms with Crippen LogP contribution in [0.2, 0.25) is 0 Å². The average Bonchev–Trinajstić information content (AvgIpc) is 2.89. The Morgan fingerprint density at radius 1 is 1.39 bits per heavy atom.